The summed E-state index contributed by atoms with van der Waals surface area (Å²) in [5, 5.41) is 0. The van der Waals surface area contributed by atoms with E-state index in [4.69, 9.17) is 0 Å². The summed E-state index contributed by atoms with van der Waals surface area (Å²) in [6.07, 6.45) is 12.2. The minimum atomic E-state index is -3.02. The van der Waals surface area contributed by atoms with E-state index in [1.165, 1.54) is 62.5 Å². The average Bonchev–Trinajstić information content (AvgIpc) is 2.87. The Morgan fingerprint density at radius 1 is 1.04 bits per heavy atom. The first kappa shape index (κ1) is 17.0. The van der Waals surface area contributed by atoms with Crippen molar-refractivity contribution in [3.05, 3.63) is 23.3 Å². The summed E-state index contributed by atoms with van der Waals surface area (Å²) in [5.41, 5.74) is 2.53. The number of rotatable bonds is 8. The molecule has 2 unspecified atom stereocenters. The predicted molar refractivity (Wildman–Crippen MR) is 94.7 cm³/mol. The van der Waals surface area contributed by atoms with Crippen molar-refractivity contribution in [3.8, 4) is 0 Å². The average molecular weight is 335 g/mol. The van der Waals surface area contributed by atoms with Crippen molar-refractivity contribution in [2.24, 2.45) is 5.92 Å². The van der Waals surface area contributed by atoms with E-state index in [1.807, 2.05) is 6.07 Å². The van der Waals surface area contributed by atoms with Gasteiger partial charge in [0.1, 0.15) is 0 Å². The Bertz CT molecular complexity index is 660. The van der Waals surface area contributed by atoms with E-state index < -0.39 is 9.84 Å². The summed E-state index contributed by atoms with van der Waals surface area (Å²) < 4.78 is 24.3. The van der Waals surface area contributed by atoms with Gasteiger partial charge < -0.3 is 0 Å². The lowest BCUT2D eigenvalue weighted by molar-refractivity contribution is 0.587. The maximum absolute atomic E-state index is 12.2. The Morgan fingerprint density at radius 2 is 1.78 bits per heavy atom. The van der Waals surface area contributed by atoms with Gasteiger partial charge in [-0.3, -0.25) is 0 Å². The van der Waals surface area contributed by atoms with E-state index in [9.17, 15) is 8.42 Å². The molecule has 2 atom stereocenters. The molecule has 1 aliphatic carbocycles. The molecule has 23 heavy (non-hydrogen) atoms. The van der Waals surface area contributed by atoms with Crippen LogP contribution in [0, 0.1) is 5.92 Å². The molecular formula is C20H30O2S. The Morgan fingerprint density at radius 3 is 2.48 bits per heavy atom. The third-order valence-corrected chi connectivity index (χ3v) is 7.41. The molecule has 2 aliphatic rings. The van der Waals surface area contributed by atoms with Gasteiger partial charge in [0.15, 0.2) is 0 Å². The number of benzene rings is 1. The molecule has 0 bridgehead atoms. The van der Waals surface area contributed by atoms with Gasteiger partial charge in [0, 0.05) is 0 Å². The largest absolute Gasteiger partial charge is 0.218 e. The molecule has 0 amide bonds. The molecule has 0 aromatic heterocycles. The number of hydrogen-bond donors (Lipinski definition) is 0. The minimum absolute atomic E-state index is 0.584. The second-order valence-electron chi connectivity index (χ2n) is 7.60. The molecule has 1 aromatic rings. The molecule has 0 N–H and O–H groups in total. The molecule has 1 saturated carbocycles. The molecule has 0 spiro atoms. The summed E-state index contributed by atoms with van der Waals surface area (Å²) in [6.45, 7) is 4.55. The molecule has 1 heterocycles. The molecule has 0 saturated heterocycles. The quantitative estimate of drug-likeness (QED) is 0.462. The Labute approximate surface area is 141 Å². The van der Waals surface area contributed by atoms with Crippen LogP contribution >= 0.6 is 0 Å². The van der Waals surface area contributed by atoms with Crippen molar-refractivity contribution in [2.75, 3.05) is 0 Å². The van der Waals surface area contributed by atoms with Crippen LogP contribution in [0.4, 0.5) is 0 Å². The summed E-state index contributed by atoms with van der Waals surface area (Å²) in [5.74, 6) is 1.36. The zero-order chi connectivity index (χ0) is 16.4. The van der Waals surface area contributed by atoms with Gasteiger partial charge in [-0.05, 0) is 54.7 Å². The highest BCUT2D eigenvalue weighted by Crippen LogP contribution is 2.49. The number of unbranched alkanes of at least 4 members (excludes halogenated alkanes) is 5. The highest BCUT2D eigenvalue weighted by atomic mass is 32.2. The van der Waals surface area contributed by atoms with Gasteiger partial charge in [-0.25, -0.2) is 8.42 Å². The highest BCUT2D eigenvalue weighted by molar-refractivity contribution is 7.97. The van der Waals surface area contributed by atoms with E-state index >= 15 is 0 Å². The standard InChI is InChI=1S/C20H30O2S/c1-3-4-5-6-7-8-9-18-17(16-11-10-15(2)14-16)12-13-19-20(18)23(19,21)22/h12-13,15-16H,3-11,14H2,1-2H3. The van der Waals surface area contributed by atoms with Crippen molar-refractivity contribution in [1.82, 2.24) is 0 Å². The molecule has 128 valence electrons. The van der Waals surface area contributed by atoms with Crippen LogP contribution in [-0.2, 0) is 16.3 Å². The zero-order valence-corrected chi connectivity index (χ0v) is 15.4. The second-order valence-corrected chi connectivity index (χ2v) is 9.45. The second kappa shape index (κ2) is 6.96. The van der Waals surface area contributed by atoms with Crippen LogP contribution in [0.1, 0.15) is 88.7 Å². The third-order valence-electron chi connectivity index (χ3n) is 5.69. The van der Waals surface area contributed by atoms with Crippen molar-refractivity contribution >= 4 is 9.84 Å². The van der Waals surface area contributed by atoms with Gasteiger partial charge in [-0.2, -0.15) is 0 Å². The smallest absolute Gasteiger partial charge is 0.209 e. The lowest BCUT2D eigenvalue weighted by atomic mass is 9.90. The van der Waals surface area contributed by atoms with Gasteiger partial charge in [0.2, 0.25) is 9.84 Å². The SMILES string of the molecule is CCCCCCCCc1c(C2CCC(C)C2)ccc2c1S2(=O)=O. The molecular weight excluding hydrogens is 304 g/mol. The summed E-state index contributed by atoms with van der Waals surface area (Å²) in [6, 6.07) is 3.98. The molecule has 3 heteroatoms. The Balaban J connectivity index is 1.70. The van der Waals surface area contributed by atoms with Crippen LogP contribution in [-0.4, -0.2) is 8.42 Å². The maximum atomic E-state index is 12.2. The van der Waals surface area contributed by atoms with Gasteiger partial charge in [0.25, 0.3) is 0 Å². The molecule has 0 radical (unpaired) electrons. The van der Waals surface area contributed by atoms with Crippen LogP contribution in [0.2, 0.25) is 0 Å². The summed E-state index contributed by atoms with van der Waals surface area (Å²) in [7, 11) is -3.02. The fourth-order valence-corrected chi connectivity index (χ4v) is 5.90. The molecule has 3 rings (SSSR count). The Kier molecular flexibility index (Phi) is 5.15. The molecule has 1 aliphatic heterocycles. The van der Waals surface area contributed by atoms with E-state index in [0.29, 0.717) is 15.7 Å². The first-order valence-electron chi connectivity index (χ1n) is 9.46. The van der Waals surface area contributed by atoms with Gasteiger partial charge in [0.05, 0.1) is 9.79 Å². The lowest BCUT2D eigenvalue weighted by Crippen LogP contribution is -2.00. The van der Waals surface area contributed by atoms with E-state index in [1.54, 1.807) is 0 Å². The third kappa shape index (κ3) is 3.50. The first-order valence-corrected chi connectivity index (χ1v) is 10.9. The van der Waals surface area contributed by atoms with Gasteiger partial charge in [-0.1, -0.05) is 58.4 Å². The fourth-order valence-electron chi connectivity index (χ4n) is 4.29. The predicted octanol–water partition coefficient (Wildman–Crippen LogP) is 5.64. The normalized spacial score (nSPS) is 24.6. The number of sulfone groups is 1. The van der Waals surface area contributed by atoms with Crippen molar-refractivity contribution < 1.29 is 8.42 Å². The van der Waals surface area contributed by atoms with Crippen molar-refractivity contribution in [2.45, 2.75) is 93.8 Å². The summed E-state index contributed by atoms with van der Waals surface area (Å²) in [4.78, 5) is 1.30. The number of fused-ring (bicyclic) bond motifs is 1. The van der Waals surface area contributed by atoms with E-state index in [2.05, 4.69) is 19.9 Å². The number of hydrogen-bond acceptors (Lipinski definition) is 2. The Hall–Kier alpha value is -0.830. The topological polar surface area (TPSA) is 34.1 Å². The van der Waals surface area contributed by atoms with E-state index in [0.717, 1.165) is 18.8 Å². The molecule has 1 fully saturated rings. The maximum Gasteiger partial charge on any atom is 0.209 e. The highest BCUT2D eigenvalue weighted by Gasteiger charge is 2.43. The minimum Gasteiger partial charge on any atom is -0.218 e. The van der Waals surface area contributed by atoms with Crippen molar-refractivity contribution in [1.29, 1.82) is 0 Å². The zero-order valence-electron chi connectivity index (χ0n) is 14.6. The fraction of sp³-hybridized carbons (Fsp3) is 0.700. The van der Waals surface area contributed by atoms with Crippen molar-refractivity contribution in [3.63, 3.8) is 0 Å². The first-order chi connectivity index (χ1) is 11.1. The van der Waals surface area contributed by atoms with Crippen LogP contribution in [0.25, 0.3) is 0 Å². The van der Waals surface area contributed by atoms with Crippen LogP contribution in [0.3, 0.4) is 0 Å². The van der Waals surface area contributed by atoms with Crippen LogP contribution in [0.5, 0.6) is 0 Å². The van der Waals surface area contributed by atoms with Gasteiger partial charge in [-0.15, -0.1) is 0 Å². The molecule has 2 nitrogen and oxygen atoms in total. The monoisotopic (exact) mass is 334 g/mol. The van der Waals surface area contributed by atoms with Crippen LogP contribution in [0.15, 0.2) is 21.9 Å². The van der Waals surface area contributed by atoms with Gasteiger partial charge >= 0.3 is 0 Å². The summed E-state index contributed by atoms with van der Waals surface area (Å²) >= 11 is 0. The van der Waals surface area contributed by atoms with E-state index in [-0.39, 0.29) is 0 Å². The van der Waals surface area contributed by atoms with Crippen LogP contribution < -0.4 is 0 Å². The molecule has 1 aromatic carbocycles. The lowest BCUT2D eigenvalue weighted by Gasteiger charge is -2.15.